The van der Waals surface area contributed by atoms with Crippen LogP contribution in [-0.4, -0.2) is 36.0 Å². The minimum Gasteiger partial charge on any atom is -0.480 e. The molecule has 20 heavy (non-hydrogen) atoms. The average Bonchev–Trinajstić information content (AvgIpc) is 2.43. The molecule has 7 nitrogen and oxygen atoms in total. The predicted molar refractivity (Wildman–Crippen MR) is 71.6 cm³/mol. The highest BCUT2D eigenvalue weighted by molar-refractivity contribution is 5.91. The monoisotopic (exact) mass is 279 g/mol. The number of hydrogen-bond acceptors (Lipinski definition) is 4. The lowest BCUT2D eigenvalue weighted by atomic mass is 9.92. The van der Waals surface area contributed by atoms with Crippen LogP contribution in [-0.2, 0) is 19.9 Å². The number of hydrogen-bond donors (Lipinski definition) is 4. The number of amides is 2. The molecule has 0 saturated carbocycles. The third kappa shape index (κ3) is 4.36. The Balaban J connectivity index is 2.54. The molecule has 0 fully saturated rings. The van der Waals surface area contributed by atoms with Crippen LogP contribution in [0.2, 0.25) is 0 Å². The van der Waals surface area contributed by atoms with Crippen molar-refractivity contribution in [3.8, 4) is 0 Å². The molecular weight excluding hydrogens is 262 g/mol. The van der Waals surface area contributed by atoms with E-state index in [0.29, 0.717) is 5.56 Å². The normalized spacial score (nSPS) is 13.1. The minimum absolute atomic E-state index is 0.328. The number of carbonyl (C=O) groups is 3. The van der Waals surface area contributed by atoms with Crippen LogP contribution in [0.3, 0.4) is 0 Å². The van der Waals surface area contributed by atoms with E-state index in [9.17, 15) is 14.4 Å². The molecule has 0 aliphatic carbocycles. The number of rotatable bonds is 6. The van der Waals surface area contributed by atoms with Crippen molar-refractivity contribution in [1.82, 2.24) is 10.6 Å². The first-order valence-electron chi connectivity index (χ1n) is 5.95. The third-order valence-electron chi connectivity index (χ3n) is 2.69. The van der Waals surface area contributed by atoms with Crippen LogP contribution in [0.5, 0.6) is 0 Å². The molecule has 1 unspecified atom stereocenters. The van der Waals surface area contributed by atoms with Gasteiger partial charge in [-0.05, 0) is 12.5 Å². The maximum absolute atomic E-state index is 12.0. The molecule has 1 aromatic rings. The Morgan fingerprint density at radius 2 is 1.75 bits per heavy atom. The molecule has 5 N–H and O–H groups in total. The lowest BCUT2D eigenvalue weighted by Crippen LogP contribution is -2.51. The van der Waals surface area contributed by atoms with E-state index in [1.807, 2.05) is 0 Å². The van der Waals surface area contributed by atoms with Gasteiger partial charge in [-0.2, -0.15) is 0 Å². The second-order valence-electron chi connectivity index (χ2n) is 4.42. The summed E-state index contributed by atoms with van der Waals surface area (Å²) in [6, 6.07) is 8.74. The summed E-state index contributed by atoms with van der Waals surface area (Å²) in [7, 11) is 0. The van der Waals surface area contributed by atoms with Crippen molar-refractivity contribution in [2.24, 2.45) is 5.73 Å². The fourth-order valence-electron chi connectivity index (χ4n) is 1.50. The van der Waals surface area contributed by atoms with E-state index in [-0.39, 0.29) is 6.54 Å². The zero-order chi connectivity index (χ0) is 15.2. The summed E-state index contributed by atoms with van der Waals surface area (Å²) in [5.74, 6) is -2.27. The molecule has 0 spiro atoms. The number of aliphatic carboxylic acids is 1. The summed E-state index contributed by atoms with van der Waals surface area (Å²) in [6.07, 6.45) is 0. The van der Waals surface area contributed by atoms with Crippen LogP contribution in [0, 0.1) is 0 Å². The first-order chi connectivity index (χ1) is 9.34. The third-order valence-corrected chi connectivity index (χ3v) is 2.69. The highest BCUT2D eigenvalue weighted by Gasteiger charge is 2.30. The van der Waals surface area contributed by atoms with Gasteiger partial charge >= 0.3 is 5.97 Å². The van der Waals surface area contributed by atoms with Crippen LogP contribution in [0.4, 0.5) is 0 Å². The maximum Gasteiger partial charge on any atom is 0.322 e. The molecule has 0 aromatic heterocycles. The van der Waals surface area contributed by atoms with Crippen molar-refractivity contribution in [2.45, 2.75) is 12.5 Å². The molecule has 7 heteroatoms. The number of nitrogens with one attached hydrogen (secondary N) is 2. The largest absolute Gasteiger partial charge is 0.480 e. The maximum atomic E-state index is 12.0. The van der Waals surface area contributed by atoms with Gasteiger partial charge in [0, 0.05) is 0 Å². The molecule has 1 aromatic carbocycles. The molecule has 1 rings (SSSR count). The van der Waals surface area contributed by atoms with Crippen LogP contribution in [0.25, 0.3) is 0 Å². The fraction of sp³-hybridized carbons (Fsp3) is 0.308. The molecule has 1 atom stereocenters. The Morgan fingerprint density at radius 1 is 1.15 bits per heavy atom. The highest BCUT2D eigenvalue weighted by atomic mass is 16.4. The second-order valence-corrected chi connectivity index (χ2v) is 4.42. The standard InChI is InChI=1S/C13H17N3O4/c1-13(14,9-5-3-2-4-6-9)12(20)16-7-10(17)15-8-11(18)19/h2-6H,7-8,14H2,1H3,(H,15,17)(H,16,20)(H,18,19). The van der Waals surface area contributed by atoms with Crippen LogP contribution < -0.4 is 16.4 Å². The first kappa shape index (κ1) is 15.6. The van der Waals surface area contributed by atoms with Gasteiger partial charge in [0.25, 0.3) is 0 Å². The van der Waals surface area contributed by atoms with E-state index in [1.54, 1.807) is 30.3 Å². The molecule has 108 valence electrons. The van der Waals surface area contributed by atoms with Crippen molar-refractivity contribution in [3.05, 3.63) is 35.9 Å². The molecule has 0 radical (unpaired) electrons. The van der Waals surface area contributed by atoms with Crippen LogP contribution >= 0.6 is 0 Å². The Kier molecular flexibility index (Phi) is 5.22. The van der Waals surface area contributed by atoms with Gasteiger partial charge in [-0.3, -0.25) is 14.4 Å². The van der Waals surface area contributed by atoms with E-state index in [4.69, 9.17) is 10.8 Å². The molecular formula is C13H17N3O4. The summed E-state index contributed by atoms with van der Waals surface area (Å²) >= 11 is 0. The minimum atomic E-state index is -1.27. The van der Waals surface area contributed by atoms with Crippen molar-refractivity contribution in [1.29, 1.82) is 0 Å². The number of benzene rings is 1. The summed E-state index contributed by atoms with van der Waals surface area (Å²) in [5.41, 5.74) is 5.30. The zero-order valence-corrected chi connectivity index (χ0v) is 11.1. The lowest BCUT2D eigenvalue weighted by Gasteiger charge is -2.23. The van der Waals surface area contributed by atoms with Gasteiger partial charge in [0.2, 0.25) is 11.8 Å². The van der Waals surface area contributed by atoms with Gasteiger partial charge < -0.3 is 21.5 Å². The van der Waals surface area contributed by atoms with Gasteiger partial charge in [0.15, 0.2) is 0 Å². The van der Waals surface area contributed by atoms with Crippen molar-refractivity contribution >= 4 is 17.8 Å². The van der Waals surface area contributed by atoms with Gasteiger partial charge in [-0.25, -0.2) is 0 Å². The number of carbonyl (C=O) groups excluding carboxylic acids is 2. The van der Waals surface area contributed by atoms with E-state index < -0.39 is 29.9 Å². The summed E-state index contributed by atoms with van der Waals surface area (Å²) in [5, 5.41) is 12.9. The van der Waals surface area contributed by atoms with Gasteiger partial charge in [-0.1, -0.05) is 30.3 Å². The molecule has 0 aliphatic rings. The number of carboxylic acids is 1. The van der Waals surface area contributed by atoms with E-state index in [2.05, 4.69) is 10.6 Å². The SMILES string of the molecule is CC(N)(C(=O)NCC(=O)NCC(=O)O)c1ccccc1. The number of nitrogens with two attached hydrogens (primary N) is 1. The van der Waals surface area contributed by atoms with Crippen molar-refractivity contribution < 1.29 is 19.5 Å². The smallest absolute Gasteiger partial charge is 0.322 e. The predicted octanol–water partition coefficient (Wildman–Crippen LogP) is -0.822. The summed E-state index contributed by atoms with van der Waals surface area (Å²) in [4.78, 5) is 33.5. The van der Waals surface area contributed by atoms with Crippen molar-refractivity contribution in [3.63, 3.8) is 0 Å². The number of carboxylic acid groups (broad SMARTS) is 1. The highest BCUT2D eigenvalue weighted by Crippen LogP contribution is 2.16. The van der Waals surface area contributed by atoms with E-state index in [0.717, 1.165) is 0 Å². The molecule has 2 amide bonds. The first-order valence-corrected chi connectivity index (χ1v) is 5.95. The van der Waals surface area contributed by atoms with E-state index in [1.165, 1.54) is 6.92 Å². The summed E-state index contributed by atoms with van der Waals surface area (Å²) in [6.45, 7) is 0.714. The Labute approximate surface area is 116 Å². The van der Waals surface area contributed by atoms with Crippen molar-refractivity contribution in [2.75, 3.05) is 13.1 Å². The molecule has 0 aliphatic heterocycles. The Bertz CT molecular complexity index is 500. The van der Waals surface area contributed by atoms with Gasteiger partial charge in [0.1, 0.15) is 12.1 Å². The molecule has 0 heterocycles. The van der Waals surface area contributed by atoms with Crippen LogP contribution in [0.15, 0.2) is 30.3 Å². The molecule has 0 bridgehead atoms. The Hall–Kier alpha value is -2.41. The summed E-state index contributed by atoms with van der Waals surface area (Å²) < 4.78 is 0. The van der Waals surface area contributed by atoms with E-state index >= 15 is 0 Å². The van der Waals surface area contributed by atoms with Gasteiger partial charge in [-0.15, -0.1) is 0 Å². The molecule has 0 saturated heterocycles. The second kappa shape index (κ2) is 6.67. The fourth-order valence-corrected chi connectivity index (χ4v) is 1.50. The van der Waals surface area contributed by atoms with Crippen LogP contribution in [0.1, 0.15) is 12.5 Å². The topological polar surface area (TPSA) is 122 Å². The average molecular weight is 279 g/mol. The quantitative estimate of drug-likeness (QED) is 0.542. The Morgan fingerprint density at radius 3 is 2.30 bits per heavy atom. The lowest BCUT2D eigenvalue weighted by molar-refractivity contribution is -0.137. The van der Waals surface area contributed by atoms with Gasteiger partial charge in [0.05, 0.1) is 6.54 Å². The zero-order valence-electron chi connectivity index (χ0n) is 11.1.